The molecule has 16 heavy (non-hydrogen) atoms. The smallest absolute Gasteiger partial charge is 0.321 e. The van der Waals surface area contributed by atoms with Gasteiger partial charge in [-0.25, -0.2) is 0 Å². The molecular weight excluding hydrogens is 202 g/mol. The third kappa shape index (κ3) is 2.10. The highest BCUT2D eigenvalue weighted by molar-refractivity contribution is 5.74. The van der Waals surface area contributed by atoms with Gasteiger partial charge in [0.2, 0.25) is 0 Å². The summed E-state index contributed by atoms with van der Waals surface area (Å²) < 4.78 is 0. The van der Waals surface area contributed by atoms with Gasteiger partial charge in [-0.1, -0.05) is 26.7 Å². The summed E-state index contributed by atoms with van der Waals surface area (Å²) in [4.78, 5) is 13.8. The lowest BCUT2D eigenvalue weighted by molar-refractivity contribution is -0.152. The first-order valence-electron chi connectivity index (χ1n) is 6.51. The van der Waals surface area contributed by atoms with Gasteiger partial charge in [0.25, 0.3) is 0 Å². The van der Waals surface area contributed by atoms with Crippen LogP contribution in [0.25, 0.3) is 0 Å². The van der Waals surface area contributed by atoms with Gasteiger partial charge in [0.05, 0.1) is 0 Å². The van der Waals surface area contributed by atoms with E-state index < -0.39 is 5.97 Å². The Balaban J connectivity index is 2.17. The van der Waals surface area contributed by atoms with Crippen LogP contribution in [0.4, 0.5) is 0 Å². The molecule has 0 amide bonds. The number of hydrogen-bond acceptors (Lipinski definition) is 2. The summed E-state index contributed by atoms with van der Waals surface area (Å²) in [6.07, 6.45) is 7.11. The van der Waals surface area contributed by atoms with Crippen LogP contribution in [-0.2, 0) is 4.79 Å². The third-order valence-electron chi connectivity index (χ3n) is 4.34. The van der Waals surface area contributed by atoms with Crippen molar-refractivity contribution in [3.05, 3.63) is 0 Å². The van der Waals surface area contributed by atoms with Crippen LogP contribution in [-0.4, -0.2) is 34.6 Å². The first kappa shape index (κ1) is 11.9. The SMILES string of the molecule is CC1(C)CCCN(C2CCCC2)C1C(=O)O. The van der Waals surface area contributed by atoms with Crippen molar-refractivity contribution < 1.29 is 9.90 Å². The average Bonchev–Trinajstić information content (AvgIpc) is 2.67. The second-order valence-electron chi connectivity index (χ2n) is 6.01. The first-order chi connectivity index (χ1) is 7.52. The minimum Gasteiger partial charge on any atom is -0.480 e. The van der Waals surface area contributed by atoms with Crippen molar-refractivity contribution >= 4 is 5.97 Å². The maximum Gasteiger partial charge on any atom is 0.321 e. The molecule has 2 rings (SSSR count). The summed E-state index contributed by atoms with van der Waals surface area (Å²) >= 11 is 0. The van der Waals surface area contributed by atoms with Crippen LogP contribution in [0.5, 0.6) is 0 Å². The monoisotopic (exact) mass is 225 g/mol. The van der Waals surface area contributed by atoms with Crippen molar-refractivity contribution in [3.8, 4) is 0 Å². The van der Waals surface area contributed by atoms with Gasteiger partial charge in [-0.2, -0.15) is 0 Å². The van der Waals surface area contributed by atoms with Crippen LogP contribution < -0.4 is 0 Å². The Kier molecular flexibility index (Phi) is 3.24. The standard InChI is InChI=1S/C13H23NO2/c1-13(2)8-5-9-14(11(13)12(15)16)10-6-3-4-7-10/h10-11H,3-9H2,1-2H3,(H,15,16). The van der Waals surface area contributed by atoms with Crippen LogP contribution in [0.3, 0.4) is 0 Å². The summed E-state index contributed by atoms with van der Waals surface area (Å²) in [7, 11) is 0. The number of nitrogens with zero attached hydrogens (tertiary/aromatic N) is 1. The molecule has 0 radical (unpaired) electrons. The van der Waals surface area contributed by atoms with Gasteiger partial charge in [0, 0.05) is 6.04 Å². The molecule has 1 saturated heterocycles. The highest BCUT2D eigenvalue weighted by atomic mass is 16.4. The number of carbonyl (C=O) groups is 1. The number of carboxylic acid groups (broad SMARTS) is 1. The molecule has 1 unspecified atom stereocenters. The predicted molar refractivity (Wildman–Crippen MR) is 63.4 cm³/mol. The Bertz CT molecular complexity index is 269. The van der Waals surface area contributed by atoms with Crippen molar-refractivity contribution in [2.75, 3.05) is 6.54 Å². The van der Waals surface area contributed by atoms with E-state index in [9.17, 15) is 9.90 Å². The summed E-state index contributed by atoms with van der Waals surface area (Å²) in [5, 5.41) is 9.46. The minimum atomic E-state index is -0.628. The molecular formula is C13H23NO2. The molecule has 1 saturated carbocycles. The molecule has 3 nitrogen and oxygen atoms in total. The summed E-state index contributed by atoms with van der Waals surface area (Å²) in [5.74, 6) is -0.628. The topological polar surface area (TPSA) is 40.5 Å². The molecule has 2 fully saturated rings. The van der Waals surface area contributed by atoms with Crippen molar-refractivity contribution in [2.45, 2.75) is 64.5 Å². The van der Waals surface area contributed by atoms with Gasteiger partial charge in [-0.3, -0.25) is 9.69 Å². The third-order valence-corrected chi connectivity index (χ3v) is 4.34. The van der Waals surface area contributed by atoms with Crippen LogP contribution >= 0.6 is 0 Å². The number of likely N-dealkylation sites (tertiary alicyclic amines) is 1. The van der Waals surface area contributed by atoms with E-state index >= 15 is 0 Å². The van der Waals surface area contributed by atoms with Crippen molar-refractivity contribution in [1.82, 2.24) is 4.90 Å². The zero-order valence-corrected chi connectivity index (χ0v) is 10.4. The van der Waals surface area contributed by atoms with Gasteiger partial charge in [-0.05, 0) is 37.6 Å². The zero-order valence-electron chi connectivity index (χ0n) is 10.4. The lowest BCUT2D eigenvalue weighted by atomic mass is 9.75. The van der Waals surface area contributed by atoms with Crippen LogP contribution in [0.2, 0.25) is 0 Å². The number of carboxylic acids is 1. The van der Waals surface area contributed by atoms with Crippen molar-refractivity contribution in [2.24, 2.45) is 5.41 Å². The number of hydrogen-bond donors (Lipinski definition) is 1. The second kappa shape index (κ2) is 4.36. The molecule has 1 aliphatic heterocycles. The van der Waals surface area contributed by atoms with Gasteiger partial charge < -0.3 is 5.11 Å². The van der Waals surface area contributed by atoms with Crippen molar-refractivity contribution in [1.29, 1.82) is 0 Å². The van der Waals surface area contributed by atoms with Gasteiger partial charge >= 0.3 is 5.97 Å². The molecule has 1 atom stereocenters. The summed E-state index contributed by atoms with van der Waals surface area (Å²) in [5.41, 5.74) is -0.0767. The Hall–Kier alpha value is -0.570. The molecule has 3 heteroatoms. The molecule has 1 heterocycles. The Labute approximate surface area is 97.8 Å². The molecule has 0 bridgehead atoms. The fraction of sp³-hybridized carbons (Fsp3) is 0.923. The zero-order chi connectivity index (χ0) is 11.8. The highest BCUT2D eigenvalue weighted by Gasteiger charge is 2.45. The number of aliphatic carboxylic acids is 1. The van der Waals surface area contributed by atoms with Crippen LogP contribution in [0, 0.1) is 5.41 Å². The molecule has 92 valence electrons. The average molecular weight is 225 g/mol. The molecule has 0 aromatic heterocycles. The van der Waals surface area contributed by atoms with E-state index in [0.717, 1.165) is 19.4 Å². The number of rotatable bonds is 2. The molecule has 0 aromatic carbocycles. The molecule has 2 aliphatic rings. The van der Waals surface area contributed by atoms with Crippen molar-refractivity contribution in [3.63, 3.8) is 0 Å². The fourth-order valence-electron chi connectivity index (χ4n) is 3.54. The predicted octanol–water partition coefficient (Wildman–Crippen LogP) is 2.50. The Morgan fingerprint density at radius 1 is 1.25 bits per heavy atom. The van der Waals surface area contributed by atoms with E-state index in [1.165, 1.54) is 25.7 Å². The van der Waals surface area contributed by atoms with Gasteiger partial charge in [-0.15, -0.1) is 0 Å². The Morgan fingerprint density at radius 2 is 1.88 bits per heavy atom. The quantitative estimate of drug-likeness (QED) is 0.785. The lowest BCUT2D eigenvalue weighted by Gasteiger charge is -2.46. The second-order valence-corrected chi connectivity index (χ2v) is 6.01. The summed E-state index contributed by atoms with van der Waals surface area (Å²) in [6, 6.07) is 0.255. The molecule has 0 spiro atoms. The number of piperidine rings is 1. The van der Waals surface area contributed by atoms with E-state index in [2.05, 4.69) is 18.7 Å². The van der Waals surface area contributed by atoms with Crippen LogP contribution in [0.15, 0.2) is 0 Å². The van der Waals surface area contributed by atoms with E-state index in [-0.39, 0.29) is 11.5 Å². The van der Waals surface area contributed by atoms with Gasteiger partial charge in [0.1, 0.15) is 6.04 Å². The fourth-order valence-corrected chi connectivity index (χ4v) is 3.54. The Morgan fingerprint density at radius 3 is 2.44 bits per heavy atom. The minimum absolute atomic E-state index is 0.0767. The summed E-state index contributed by atoms with van der Waals surface area (Å²) in [6.45, 7) is 5.19. The maximum absolute atomic E-state index is 11.5. The van der Waals surface area contributed by atoms with E-state index in [1.54, 1.807) is 0 Å². The maximum atomic E-state index is 11.5. The molecule has 0 aromatic rings. The highest BCUT2D eigenvalue weighted by Crippen LogP contribution is 2.39. The molecule has 1 aliphatic carbocycles. The van der Waals surface area contributed by atoms with Crippen LogP contribution in [0.1, 0.15) is 52.4 Å². The van der Waals surface area contributed by atoms with E-state index in [1.807, 2.05) is 0 Å². The largest absolute Gasteiger partial charge is 0.480 e. The molecule has 1 N–H and O–H groups in total. The van der Waals surface area contributed by atoms with E-state index in [4.69, 9.17) is 0 Å². The lowest BCUT2D eigenvalue weighted by Crippen LogP contribution is -2.57. The van der Waals surface area contributed by atoms with Gasteiger partial charge in [0.15, 0.2) is 0 Å². The van der Waals surface area contributed by atoms with E-state index in [0.29, 0.717) is 6.04 Å². The first-order valence-corrected chi connectivity index (χ1v) is 6.51. The normalized spacial score (nSPS) is 31.8.